The van der Waals surface area contributed by atoms with E-state index < -0.39 is 24.4 Å². The lowest BCUT2D eigenvalue weighted by Gasteiger charge is -2.67. The van der Waals surface area contributed by atoms with E-state index >= 15 is 0 Å². The number of ether oxygens (including phenoxy) is 1. The summed E-state index contributed by atoms with van der Waals surface area (Å²) in [7, 11) is 0. The van der Waals surface area contributed by atoms with E-state index in [1.54, 1.807) is 5.57 Å². The van der Waals surface area contributed by atoms with Crippen LogP contribution in [0.2, 0.25) is 0 Å². The van der Waals surface area contributed by atoms with Crippen LogP contribution in [0, 0.1) is 50.7 Å². The maximum Gasteiger partial charge on any atom is 0.138 e. The van der Waals surface area contributed by atoms with Crippen molar-refractivity contribution >= 4 is 5.78 Å². The van der Waals surface area contributed by atoms with Gasteiger partial charge in [0.25, 0.3) is 0 Å². The van der Waals surface area contributed by atoms with Crippen molar-refractivity contribution in [3.63, 3.8) is 0 Å². The first-order valence-corrected chi connectivity index (χ1v) is 16.0. The summed E-state index contributed by atoms with van der Waals surface area (Å²) >= 11 is 0. The normalized spacial score (nSPS) is 52.5. The molecule has 0 aromatic rings. The summed E-state index contributed by atoms with van der Waals surface area (Å²) < 4.78 is 6.01. The fourth-order valence-electron chi connectivity index (χ4n) is 11.6. The third-order valence-electron chi connectivity index (χ3n) is 14.0. The molecule has 0 aromatic heterocycles. The minimum absolute atomic E-state index is 0.0784. The lowest BCUT2D eigenvalue weighted by molar-refractivity contribution is -0.203. The average molecular weight is 543 g/mol. The highest BCUT2D eigenvalue weighted by Crippen LogP contribution is 2.72. The van der Waals surface area contributed by atoms with Crippen LogP contribution >= 0.6 is 0 Å². The lowest BCUT2D eigenvalue weighted by Crippen LogP contribution is -2.61. The Morgan fingerprint density at radius 1 is 0.846 bits per heavy atom. The summed E-state index contributed by atoms with van der Waals surface area (Å²) in [6, 6.07) is 0. The number of hydrogen-bond donors (Lipinski definition) is 3. The van der Waals surface area contributed by atoms with Crippen LogP contribution < -0.4 is 0 Å². The summed E-state index contributed by atoms with van der Waals surface area (Å²) in [5, 5.41) is 31.4. The molecule has 4 saturated carbocycles. The maximum absolute atomic E-state index is 13.0. The molecule has 0 spiro atoms. The van der Waals surface area contributed by atoms with Crippen molar-refractivity contribution in [2.45, 2.75) is 137 Å². The number of aliphatic hydroxyl groups is 3. The second-order valence-electron chi connectivity index (χ2n) is 16.7. The van der Waals surface area contributed by atoms with Gasteiger partial charge in [0, 0.05) is 11.8 Å². The lowest BCUT2D eigenvalue weighted by atomic mass is 9.37. The number of carbonyl (C=O) groups is 1. The smallest absolute Gasteiger partial charge is 0.138 e. The first-order chi connectivity index (χ1) is 18.1. The number of Topliss-reactive ketones (excluding diaryl/α,β-unsaturated/α-hetero) is 1. The molecular weight excluding hydrogens is 488 g/mol. The van der Waals surface area contributed by atoms with Crippen molar-refractivity contribution in [3.8, 4) is 0 Å². The van der Waals surface area contributed by atoms with E-state index in [1.165, 1.54) is 25.7 Å². The Bertz CT molecular complexity index is 1030. The molecule has 3 N–H and O–H groups in total. The molecule has 0 bridgehead atoms. The van der Waals surface area contributed by atoms with Gasteiger partial charge in [-0.05, 0) is 110 Å². The van der Waals surface area contributed by atoms with Gasteiger partial charge in [0.2, 0.25) is 0 Å². The van der Waals surface area contributed by atoms with Gasteiger partial charge in [0.1, 0.15) is 24.1 Å². The number of rotatable bonds is 2. The number of hydrogen-bond acceptors (Lipinski definition) is 5. The Hall–Kier alpha value is -0.750. The van der Waals surface area contributed by atoms with Gasteiger partial charge in [-0.1, -0.05) is 53.2 Å². The van der Waals surface area contributed by atoms with E-state index in [0.29, 0.717) is 29.5 Å². The van der Waals surface area contributed by atoms with E-state index in [9.17, 15) is 20.1 Å². The van der Waals surface area contributed by atoms with Crippen molar-refractivity contribution in [1.82, 2.24) is 0 Å². The van der Waals surface area contributed by atoms with Crippen LogP contribution in [0.15, 0.2) is 11.6 Å². The molecule has 6 unspecified atom stereocenters. The zero-order valence-corrected chi connectivity index (χ0v) is 25.3. The second kappa shape index (κ2) is 9.12. The molecule has 39 heavy (non-hydrogen) atoms. The Morgan fingerprint density at radius 2 is 1.59 bits per heavy atom. The highest BCUT2D eigenvalue weighted by atomic mass is 16.5. The predicted molar refractivity (Wildman–Crippen MR) is 152 cm³/mol. The van der Waals surface area contributed by atoms with Crippen LogP contribution in [-0.2, 0) is 9.53 Å². The predicted octanol–water partition coefficient (Wildman–Crippen LogP) is 5.84. The molecule has 220 valence electrons. The average Bonchev–Trinajstić information content (AvgIpc) is 2.87. The van der Waals surface area contributed by atoms with Crippen LogP contribution in [0.3, 0.4) is 0 Å². The van der Waals surface area contributed by atoms with Crippen molar-refractivity contribution < 1.29 is 24.9 Å². The number of aliphatic hydroxyl groups excluding tert-OH is 3. The van der Waals surface area contributed by atoms with Crippen molar-refractivity contribution in [2.24, 2.45) is 50.7 Å². The summed E-state index contributed by atoms with van der Waals surface area (Å²) in [4.78, 5) is 13.0. The third kappa shape index (κ3) is 4.10. The Kier molecular flexibility index (Phi) is 6.64. The Labute approximate surface area is 236 Å². The highest BCUT2D eigenvalue weighted by Gasteiger charge is 2.65. The molecule has 5 fully saturated rings. The van der Waals surface area contributed by atoms with Gasteiger partial charge in [0.05, 0.1) is 12.7 Å². The summed E-state index contributed by atoms with van der Waals surface area (Å²) in [5.74, 6) is 2.63. The van der Waals surface area contributed by atoms with Gasteiger partial charge in [-0.2, -0.15) is 0 Å². The van der Waals surface area contributed by atoms with Crippen LogP contribution in [0.4, 0.5) is 0 Å². The fraction of sp³-hybridized carbons (Fsp3) is 0.912. The molecule has 1 saturated heterocycles. The molecule has 1 aliphatic heterocycles. The second-order valence-corrected chi connectivity index (χ2v) is 16.7. The van der Waals surface area contributed by atoms with Crippen LogP contribution in [0.1, 0.15) is 112 Å². The monoisotopic (exact) mass is 542 g/mol. The number of allylic oxidation sites excluding steroid dienone is 2. The summed E-state index contributed by atoms with van der Waals surface area (Å²) in [6.45, 7) is 14.5. The molecule has 0 aromatic carbocycles. The fourth-order valence-corrected chi connectivity index (χ4v) is 11.6. The van der Waals surface area contributed by atoms with E-state index in [2.05, 4.69) is 47.6 Å². The molecule has 0 amide bonds. The topological polar surface area (TPSA) is 87.0 Å². The molecule has 5 nitrogen and oxygen atoms in total. The van der Waals surface area contributed by atoms with Crippen molar-refractivity contribution in [3.05, 3.63) is 11.6 Å². The van der Waals surface area contributed by atoms with Gasteiger partial charge in [-0.3, -0.25) is 4.79 Å². The largest absolute Gasteiger partial charge is 0.388 e. The van der Waals surface area contributed by atoms with Crippen molar-refractivity contribution in [1.29, 1.82) is 0 Å². The Morgan fingerprint density at radius 3 is 2.33 bits per heavy atom. The minimum Gasteiger partial charge on any atom is -0.388 e. The van der Waals surface area contributed by atoms with Crippen molar-refractivity contribution in [2.75, 3.05) is 6.61 Å². The number of carbonyl (C=O) groups excluding carboxylic acids is 1. The first kappa shape index (κ1) is 28.4. The zero-order chi connectivity index (χ0) is 28.2. The molecule has 5 heteroatoms. The molecule has 0 radical (unpaired) electrons. The Balaban J connectivity index is 1.34. The first-order valence-electron chi connectivity index (χ1n) is 16.0. The summed E-state index contributed by atoms with van der Waals surface area (Å²) in [5.41, 5.74) is 2.31. The third-order valence-corrected chi connectivity index (χ3v) is 14.0. The van der Waals surface area contributed by atoms with E-state index in [0.717, 1.165) is 44.9 Å². The van der Waals surface area contributed by atoms with E-state index in [-0.39, 0.29) is 33.7 Å². The van der Waals surface area contributed by atoms with Gasteiger partial charge in [0.15, 0.2) is 0 Å². The zero-order valence-electron chi connectivity index (χ0n) is 25.3. The summed E-state index contributed by atoms with van der Waals surface area (Å²) in [6.07, 6.45) is 10.9. The van der Waals surface area contributed by atoms with Crippen LogP contribution in [0.5, 0.6) is 0 Å². The molecular formula is C34H54O5. The van der Waals surface area contributed by atoms with Gasteiger partial charge in [-0.25, -0.2) is 0 Å². The quantitative estimate of drug-likeness (QED) is 0.382. The number of fused-ring (bicyclic) bond motifs is 7. The van der Waals surface area contributed by atoms with E-state index in [1.807, 2.05) is 0 Å². The standard InChI is InChI=1S/C34H54O5/c1-30(2)15-16-34(18-24-29(38)28(37)23(35)19-39-24)14-9-21-20(22(34)17-30)7-8-26-32(21,5)12-10-25-31(3,4)27(36)11-13-33(25,26)6/h7,21-26,28-29,35,37-38H,8-19H2,1-6H3/t21?,22?,23-,24+,25?,26?,28?,29?,32+,33+,34+/m1/s1. The van der Waals surface area contributed by atoms with Crippen LogP contribution in [0.25, 0.3) is 0 Å². The molecule has 6 rings (SSSR count). The van der Waals surface area contributed by atoms with Crippen LogP contribution in [-0.4, -0.2) is 52.1 Å². The van der Waals surface area contributed by atoms with Gasteiger partial charge < -0.3 is 20.1 Å². The minimum atomic E-state index is -1.13. The molecule has 1 heterocycles. The maximum atomic E-state index is 13.0. The van der Waals surface area contributed by atoms with Gasteiger partial charge >= 0.3 is 0 Å². The van der Waals surface area contributed by atoms with Gasteiger partial charge in [-0.15, -0.1) is 0 Å². The molecule has 5 aliphatic carbocycles. The molecule has 6 aliphatic rings. The highest BCUT2D eigenvalue weighted by molar-refractivity contribution is 5.85. The number of ketones is 1. The van der Waals surface area contributed by atoms with E-state index in [4.69, 9.17) is 4.74 Å². The SMILES string of the molecule is CC1(C)CC[C@]2(C[C@@H]3OC[C@@H](O)C(O)C3O)CCC3C(=CCC4[C@@]3(C)CCC3C(C)(C)C(=O)CC[C@@]34C)C2C1. The molecule has 11 atom stereocenters.